The van der Waals surface area contributed by atoms with Crippen LogP contribution in [-0.4, -0.2) is 16.2 Å². The lowest BCUT2D eigenvalue weighted by molar-refractivity contribution is 0.483. The molecule has 0 aliphatic carbocycles. The summed E-state index contributed by atoms with van der Waals surface area (Å²) in [6.07, 6.45) is 1.66. The number of nitrogens with zero attached hydrogens (tertiary/aromatic N) is 4. The molecule has 0 fully saturated rings. The van der Waals surface area contributed by atoms with Gasteiger partial charge < -0.3 is 14.5 Å². The Labute approximate surface area is 425 Å². The molecule has 0 N–H and O–H groups in total. The van der Waals surface area contributed by atoms with E-state index in [0.717, 1.165) is 44.8 Å². The Kier molecular flexibility index (Phi) is 8.35. The predicted molar refractivity (Wildman–Crippen MR) is 293 cm³/mol. The van der Waals surface area contributed by atoms with E-state index in [1.165, 1.54) is 0 Å². The Morgan fingerprint density at radius 2 is 1.07 bits per heavy atom. The van der Waals surface area contributed by atoms with Crippen LogP contribution in [0.3, 0.4) is 0 Å². The molecule has 0 saturated carbocycles. The van der Waals surface area contributed by atoms with Crippen molar-refractivity contribution in [2.75, 3.05) is 16.5 Å². The Bertz CT molecular complexity index is 3980. The fourth-order valence-electron chi connectivity index (χ4n) is 9.13. The zero-order chi connectivity index (χ0) is 58.2. The monoisotopic (exact) mass is 918 g/mol. The molecular weight excluding hydrogens is 841 g/mol. The Hall–Kier alpha value is -7.11. The van der Waals surface area contributed by atoms with Gasteiger partial charge in [-0.2, -0.15) is 0 Å². The van der Waals surface area contributed by atoms with Crippen molar-refractivity contribution in [1.82, 2.24) is 9.55 Å². The van der Waals surface area contributed by atoms with E-state index < -0.39 is 35.6 Å². The first kappa shape index (κ1) is 34.2. The molecule has 0 radical (unpaired) electrons. The third kappa shape index (κ3) is 8.69. The van der Waals surface area contributed by atoms with Crippen LogP contribution < -0.4 is 14.5 Å². The summed E-state index contributed by atoms with van der Waals surface area (Å²) in [6, 6.07) is 27.7. The highest BCUT2D eigenvalue weighted by Crippen LogP contribution is 2.52. The summed E-state index contributed by atoms with van der Waals surface area (Å²) in [5.74, 6) is 0.745. The van der Waals surface area contributed by atoms with Gasteiger partial charge in [0, 0.05) is 45.9 Å². The molecule has 3 heterocycles. The Balaban J connectivity index is 1.17. The highest BCUT2D eigenvalue weighted by molar-refractivity contribution is 6.09. The second kappa shape index (κ2) is 16.8. The number of aromatic nitrogens is 2. The first-order valence-corrected chi connectivity index (χ1v) is 23.6. The fraction of sp³-hybridized carbons (Fsp3) is 0.266. The standard InChI is InChI=1S/C64H66N4O/c1-61(2,3)44-31-32-65-59(38-44)68-55-26-17-16-25-51(55)52-30-29-50(40-58(52)68)69-49-24-20-23-48(39-49)66-41-67(57-28-19-18-27-56(57)66)60-53(42-21-14-13-15-22-42)36-47(64(10,11)12)37-54(60)43-33-45(62(4,5)6)35-46(34-43)63(7,8)9/h13-40H,41H2,1-12H3/i13D,14D,15D,16D,17D,21D,22D,25D,26D,29D,30D. The van der Waals surface area contributed by atoms with Crippen molar-refractivity contribution in [2.45, 2.75) is 105 Å². The van der Waals surface area contributed by atoms with Crippen LogP contribution in [0.25, 0.3) is 49.9 Å². The molecule has 7 aromatic carbocycles. The normalized spacial score (nSPS) is 15.6. The molecule has 1 aliphatic rings. The van der Waals surface area contributed by atoms with Crippen LogP contribution in [0.4, 0.5) is 22.7 Å². The van der Waals surface area contributed by atoms with Gasteiger partial charge in [0.1, 0.15) is 24.0 Å². The molecule has 9 aromatic rings. The summed E-state index contributed by atoms with van der Waals surface area (Å²) < 4.78 is 108. The maximum Gasteiger partial charge on any atom is 0.137 e. The van der Waals surface area contributed by atoms with Crippen molar-refractivity contribution in [3.63, 3.8) is 0 Å². The average Bonchev–Trinajstić information content (AvgIpc) is 3.95. The van der Waals surface area contributed by atoms with E-state index in [0.29, 0.717) is 34.0 Å². The van der Waals surface area contributed by atoms with E-state index in [-0.39, 0.29) is 86.8 Å². The summed E-state index contributed by atoms with van der Waals surface area (Å²) in [6.45, 7) is 25.9. The molecule has 0 saturated heterocycles. The Morgan fingerprint density at radius 1 is 0.478 bits per heavy atom. The maximum absolute atomic E-state index is 9.48. The van der Waals surface area contributed by atoms with Crippen molar-refractivity contribution in [1.29, 1.82) is 0 Å². The molecule has 10 rings (SSSR count). The van der Waals surface area contributed by atoms with Crippen LogP contribution in [-0.2, 0) is 21.7 Å². The number of hydrogen-bond acceptors (Lipinski definition) is 4. The summed E-state index contributed by atoms with van der Waals surface area (Å²) in [5, 5.41) is 0.285. The van der Waals surface area contributed by atoms with Crippen LogP contribution in [0.15, 0.2) is 170 Å². The SMILES string of the molecule is [2H]c1c([2H])c([2H])c(-c2cc(C(C)(C)C)cc(-c3cc(C(C)(C)C)cc(C(C)(C)C)c3)c2N2CN(c3cccc(Oc4cc5c(c([2H])c4[2H])c4c([2H])c([2H])c([2H])c([2H])c4n5-c4cc(C(C)(C)C)ccn4)c3)c3ccccc32)c([2H])c1[2H]. The van der Waals surface area contributed by atoms with Crippen molar-refractivity contribution < 1.29 is 19.8 Å². The van der Waals surface area contributed by atoms with Gasteiger partial charge in [-0.05, 0) is 122 Å². The number of fused-ring (bicyclic) bond motifs is 4. The molecule has 348 valence electrons. The minimum absolute atomic E-state index is 0.0216. The predicted octanol–water partition coefficient (Wildman–Crippen LogP) is 17.7. The van der Waals surface area contributed by atoms with Crippen LogP contribution in [0, 0.1) is 0 Å². The average molecular weight is 918 g/mol. The first-order chi connectivity index (χ1) is 37.3. The van der Waals surface area contributed by atoms with Gasteiger partial charge in [0.25, 0.3) is 0 Å². The van der Waals surface area contributed by atoms with Crippen LogP contribution in [0.2, 0.25) is 0 Å². The van der Waals surface area contributed by atoms with Crippen LogP contribution in [0.1, 0.15) is 120 Å². The zero-order valence-electron chi connectivity index (χ0n) is 52.7. The third-order valence-corrected chi connectivity index (χ3v) is 13.2. The fourth-order valence-corrected chi connectivity index (χ4v) is 9.13. The third-order valence-electron chi connectivity index (χ3n) is 13.2. The van der Waals surface area contributed by atoms with Gasteiger partial charge in [0.15, 0.2) is 0 Å². The summed E-state index contributed by atoms with van der Waals surface area (Å²) in [4.78, 5) is 8.99. The minimum Gasteiger partial charge on any atom is -0.457 e. The molecule has 0 amide bonds. The quantitative estimate of drug-likeness (QED) is 0.159. The van der Waals surface area contributed by atoms with E-state index in [1.807, 2.05) is 60.7 Å². The van der Waals surface area contributed by atoms with Gasteiger partial charge in [-0.25, -0.2) is 4.98 Å². The van der Waals surface area contributed by atoms with Gasteiger partial charge >= 0.3 is 0 Å². The number of para-hydroxylation sites is 3. The van der Waals surface area contributed by atoms with Crippen molar-refractivity contribution in [3.05, 3.63) is 192 Å². The van der Waals surface area contributed by atoms with E-state index >= 15 is 0 Å². The number of anilines is 4. The second-order valence-corrected chi connectivity index (χ2v) is 22.3. The van der Waals surface area contributed by atoms with E-state index in [9.17, 15) is 5.48 Å². The first-order valence-electron chi connectivity index (χ1n) is 29.1. The number of benzene rings is 7. The van der Waals surface area contributed by atoms with E-state index in [1.54, 1.807) is 22.9 Å². The topological polar surface area (TPSA) is 33.5 Å². The van der Waals surface area contributed by atoms with Crippen molar-refractivity contribution in [2.24, 2.45) is 0 Å². The molecule has 2 aromatic heterocycles. The van der Waals surface area contributed by atoms with Gasteiger partial charge in [-0.15, -0.1) is 0 Å². The summed E-state index contributed by atoms with van der Waals surface area (Å²) >= 11 is 0. The lowest BCUT2D eigenvalue weighted by Crippen LogP contribution is -2.25. The number of rotatable bonds is 7. The lowest BCUT2D eigenvalue weighted by atomic mass is 9.77. The number of hydrogen-bond donors (Lipinski definition) is 0. The van der Waals surface area contributed by atoms with Crippen LogP contribution >= 0.6 is 0 Å². The maximum atomic E-state index is 9.48. The molecule has 5 heteroatoms. The molecule has 0 atom stereocenters. The van der Waals surface area contributed by atoms with E-state index in [4.69, 9.17) is 19.3 Å². The molecule has 69 heavy (non-hydrogen) atoms. The molecule has 0 unspecified atom stereocenters. The van der Waals surface area contributed by atoms with Crippen molar-refractivity contribution >= 4 is 44.6 Å². The zero-order valence-corrected chi connectivity index (χ0v) is 41.7. The highest BCUT2D eigenvalue weighted by Gasteiger charge is 2.34. The number of pyridine rings is 1. The molecule has 1 aliphatic heterocycles. The van der Waals surface area contributed by atoms with Gasteiger partial charge in [-0.3, -0.25) is 4.57 Å². The van der Waals surface area contributed by atoms with Gasteiger partial charge in [0.2, 0.25) is 0 Å². The summed E-state index contributed by atoms with van der Waals surface area (Å²) in [5.41, 5.74) is 8.73. The second-order valence-electron chi connectivity index (χ2n) is 22.3. The lowest BCUT2D eigenvalue weighted by Gasteiger charge is -2.31. The number of ether oxygens (including phenoxy) is 1. The van der Waals surface area contributed by atoms with Gasteiger partial charge in [0.05, 0.1) is 43.2 Å². The largest absolute Gasteiger partial charge is 0.457 e. The molecule has 0 spiro atoms. The minimum atomic E-state index is -0.471. The Morgan fingerprint density at radius 3 is 1.74 bits per heavy atom. The van der Waals surface area contributed by atoms with Crippen LogP contribution in [0.5, 0.6) is 11.5 Å². The smallest absolute Gasteiger partial charge is 0.137 e. The molecular formula is C64H66N4O. The van der Waals surface area contributed by atoms with E-state index in [2.05, 4.69) is 117 Å². The molecule has 0 bridgehead atoms. The van der Waals surface area contributed by atoms with Crippen molar-refractivity contribution in [3.8, 4) is 39.6 Å². The highest BCUT2D eigenvalue weighted by atomic mass is 16.5. The van der Waals surface area contributed by atoms with Gasteiger partial charge in [-0.1, -0.05) is 168 Å². The summed E-state index contributed by atoms with van der Waals surface area (Å²) in [7, 11) is 0. The molecule has 5 nitrogen and oxygen atoms in total.